The van der Waals surface area contributed by atoms with E-state index >= 15 is 0 Å². The molecule has 18 heavy (non-hydrogen) atoms. The minimum absolute atomic E-state index is 0.375. The molecule has 0 aromatic heterocycles. The molecule has 4 heteroatoms. The smallest absolute Gasteiger partial charge is 0.126 e. The number of ether oxygens (including phenoxy) is 1. The molecule has 0 heterocycles. The summed E-state index contributed by atoms with van der Waals surface area (Å²) in [4.78, 5) is 0. The van der Waals surface area contributed by atoms with Gasteiger partial charge >= 0.3 is 0 Å². The highest BCUT2D eigenvalue weighted by Gasteiger charge is 2.20. The largest absolute Gasteiger partial charge is 0.496 e. The molecule has 3 N–H and O–H groups in total. The van der Waals surface area contributed by atoms with Crippen LogP contribution in [0.25, 0.3) is 0 Å². The first-order valence-electron chi connectivity index (χ1n) is 6.22. The second-order valence-corrected chi connectivity index (χ2v) is 4.95. The Hall–Kier alpha value is -1.13. The molecule has 1 aromatic rings. The Balaban J connectivity index is 2.79. The van der Waals surface area contributed by atoms with E-state index in [1.54, 1.807) is 6.07 Å². The monoisotopic (exact) mass is 255 g/mol. The first kappa shape index (κ1) is 14.9. The van der Waals surface area contributed by atoms with E-state index in [4.69, 9.17) is 10.5 Å². The molecule has 0 saturated heterocycles. The molecule has 0 aliphatic rings. The molecule has 3 nitrogen and oxygen atoms in total. The van der Waals surface area contributed by atoms with Gasteiger partial charge < -0.3 is 15.6 Å². The molecule has 2 atom stereocenters. The van der Waals surface area contributed by atoms with Crippen LogP contribution in [-0.2, 0) is 0 Å². The fraction of sp³-hybridized carbons (Fsp3) is 0.571. The van der Waals surface area contributed by atoms with Crippen LogP contribution < -0.4 is 10.5 Å². The van der Waals surface area contributed by atoms with E-state index in [1.807, 2.05) is 0 Å². The topological polar surface area (TPSA) is 55.5 Å². The van der Waals surface area contributed by atoms with Gasteiger partial charge in [0.05, 0.1) is 19.3 Å². The number of aliphatic hydroxyl groups excluding tert-OH is 1. The molecule has 102 valence electrons. The summed E-state index contributed by atoms with van der Waals surface area (Å²) in [6, 6.07) is 3.62. The van der Waals surface area contributed by atoms with Gasteiger partial charge in [0.15, 0.2) is 0 Å². The van der Waals surface area contributed by atoms with Gasteiger partial charge in [-0.2, -0.15) is 0 Å². The number of hydrogen-bond donors (Lipinski definition) is 2. The first-order chi connectivity index (χ1) is 8.45. The van der Waals surface area contributed by atoms with E-state index < -0.39 is 12.1 Å². The predicted molar refractivity (Wildman–Crippen MR) is 70.0 cm³/mol. The number of methoxy groups -OCH3 is 1. The number of halogens is 1. The van der Waals surface area contributed by atoms with Crippen LogP contribution in [0.4, 0.5) is 4.39 Å². The molecule has 1 rings (SSSR count). The average Bonchev–Trinajstić information content (AvgIpc) is 2.34. The predicted octanol–water partition coefficient (Wildman–Crippen LogP) is 2.63. The molecule has 0 spiro atoms. The lowest BCUT2D eigenvalue weighted by Gasteiger charge is -2.21. The van der Waals surface area contributed by atoms with Crippen molar-refractivity contribution in [2.75, 3.05) is 7.11 Å². The summed E-state index contributed by atoms with van der Waals surface area (Å²) >= 11 is 0. The lowest BCUT2D eigenvalue weighted by atomic mass is 9.95. The van der Waals surface area contributed by atoms with Gasteiger partial charge in [0.2, 0.25) is 0 Å². The average molecular weight is 255 g/mol. The highest BCUT2D eigenvalue weighted by atomic mass is 19.1. The van der Waals surface area contributed by atoms with Gasteiger partial charge in [0.1, 0.15) is 11.6 Å². The Morgan fingerprint density at radius 3 is 2.56 bits per heavy atom. The van der Waals surface area contributed by atoms with E-state index in [2.05, 4.69) is 13.8 Å². The maximum Gasteiger partial charge on any atom is 0.126 e. The second-order valence-electron chi connectivity index (χ2n) is 4.95. The Morgan fingerprint density at radius 1 is 1.33 bits per heavy atom. The lowest BCUT2D eigenvalue weighted by molar-refractivity contribution is 0.127. The summed E-state index contributed by atoms with van der Waals surface area (Å²) in [6.07, 6.45) is 0.879. The van der Waals surface area contributed by atoms with Crippen molar-refractivity contribution < 1.29 is 14.2 Å². The maximum absolute atomic E-state index is 13.1. The zero-order valence-electron chi connectivity index (χ0n) is 11.2. The summed E-state index contributed by atoms with van der Waals surface area (Å²) < 4.78 is 18.2. The normalized spacial score (nSPS) is 14.6. The van der Waals surface area contributed by atoms with Crippen LogP contribution in [-0.4, -0.2) is 18.3 Å². The van der Waals surface area contributed by atoms with E-state index in [1.165, 1.54) is 19.2 Å². The third-order valence-corrected chi connectivity index (χ3v) is 3.01. The second kappa shape index (κ2) is 6.71. The molecule has 0 unspecified atom stereocenters. The van der Waals surface area contributed by atoms with Crippen molar-refractivity contribution in [3.05, 3.63) is 29.6 Å². The highest BCUT2D eigenvalue weighted by molar-refractivity contribution is 5.36. The van der Waals surface area contributed by atoms with E-state index in [0.29, 0.717) is 23.7 Å². The molecule has 0 aliphatic heterocycles. The van der Waals surface area contributed by atoms with E-state index in [0.717, 1.165) is 6.42 Å². The van der Waals surface area contributed by atoms with Gasteiger partial charge in [-0.25, -0.2) is 4.39 Å². The van der Waals surface area contributed by atoms with Crippen LogP contribution in [0, 0.1) is 11.7 Å². The third kappa shape index (κ3) is 3.96. The van der Waals surface area contributed by atoms with Crippen LogP contribution in [0.1, 0.15) is 38.3 Å². The fourth-order valence-corrected chi connectivity index (χ4v) is 1.85. The molecule has 0 amide bonds. The standard InChI is InChI=1S/C14H22FNO2/c1-9(2)4-7-12(17)14(16)11-6-5-10(15)8-13(11)18-3/h5-6,8-9,12,14,17H,4,7,16H2,1-3H3/t12-,14+/m0/s1. The van der Waals surface area contributed by atoms with Gasteiger partial charge in [-0.15, -0.1) is 0 Å². The SMILES string of the molecule is COc1cc(F)ccc1[C@@H](N)[C@@H](O)CCC(C)C. The van der Waals surface area contributed by atoms with Gasteiger partial charge in [-0.1, -0.05) is 19.9 Å². The van der Waals surface area contributed by atoms with E-state index in [9.17, 15) is 9.50 Å². The van der Waals surface area contributed by atoms with Crippen LogP contribution in [0.3, 0.4) is 0 Å². The summed E-state index contributed by atoms with van der Waals surface area (Å²) in [5.74, 6) is 0.521. The molecule has 1 aromatic carbocycles. The summed E-state index contributed by atoms with van der Waals surface area (Å²) in [7, 11) is 1.46. The molecule has 0 aliphatic carbocycles. The Bertz CT molecular complexity index is 382. The number of aliphatic hydroxyl groups is 1. The highest BCUT2D eigenvalue weighted by Crippen LogP contribution is 2.28. The molecular formula is C14H22FNO2. The van der Waals surface area contributed by atoms with Crippen molar-refractivity contribution in [1.29, 1.82) is 0 Å². The molecule has 0 fully saturated rings. The summed E-state index contributed by atoms with van der Waals surface area (Å²) in [5, 5.41) is 10.0. The van der Waals surface area contributed by atoms with Crippen molar-refractivity contribution in [2.45, 2.75) is 38.8 Å². The van der Waals surface area contributed by atoms with Crippen LogP contribution in [0.5, 0.6) is 5.75 Å². The number of hydrogen-bond acceptors (Lipinski definition) is 3. The quantitative estimate of drug-likeness (QED) is 0.821. The van der Waals surface area contributed by atoms with Crippen LogP contribution in [0.2, 0.25) is 0 Å². The van der Waals surface area contributed by atoms with E-state index in [-0.39, 0.29) is 5.82 Å². The number of benzene rings is 1. The Morgan fingerprint density at radius 2 is 2.00 bits per heavy atom. The maximum atomic E-state index is 13.1. The number of nitrogens with two attached hydrogens (primary N) is 1. The fourth-order valence-electron chi connectivity index (χ4n) is 1.85. The van der Waals surface area contributed by atoms with Gasteiger partial charge in [0.25, 0.3) is 0 Å². The van der Waals surface area contributed by atoms with Crippen molar-refractivity contribution in [3.8, 4) is 5.75 Å². The van der Waals surface area contributed by atoms with Crippen LogP contribution in [0.15, 0.2) is 18.2 Å². The lowest BCUT2D eigenvalue weighted by Crippen LogP contribution is -2.27. The third-order valence-electron chi connectivity index (χ3n) is 3.01. The zero-order chi connectivity index (χ0) is 13.7. The van der Waals surface area contributed by atoms with Crippen molar-refractivity contribution in [1.82, 2.24) is 0 Å². The zero-order valence-corrected chi connectivity index (χ0v) is 11.2. The van der Waals surface area contributed by atoms with Crippen molar-refractivity contribution in [3.63, 3.8) is 0 Å². The number of rotatable bonds is 6. The summed E-state index contributed by atoms with van der Waals surface area (Å²) in [5.41, 5.74) is 6.63. The Labute approximate surface area is 108 Å². The van der Waals surface area contributed by atoms with Crippen molar-refractivity contribution >= 4 is 0 Å². The molecule has 0 bridgehead atoms. The molecule has 0 radical (unpaired) electrons. The van der Waals surface area contributed by atoms with Crippen molar-refractivity contribution in [2.24, 2.45) is 11.7 Å². The minimum atomic E-state index is -0.647. The van der Waals surface area contributed by atoms with Gasteiger partial charge in [-0.05, 0) is 24.8 Å². The van der Waals surface area contributed by atoms with Crippen LogP contribution >= 0.6 is 0 Å². The Kier molecular flexibility index (Phi) is 5.56. The van der Waals surface area contributed by atoms with Gasteiger partial charge in [-0.3, -0.25) is 0 Å². The molecular weight excluding hydrogens is 233 g/mol. The minimum Gasteiger partial charge on any atom is -0.496 e. The van der Waals surface area contributed by atoms with Gasteiger partial charge in [0, 0.05) is 11.6 Å². The summed E-state index contributed by atoms with van der Waals surface area (Å²) in [6.45, 7) is 4.19. The molecule has 0 saturated carbocycles. The first-order valence-corrected chi connectivity index (χ1v) is 6.22.